The van der Waals surface area contributed by atoms with E-state index < -0.39 is 10.0 Å². The smallest absolute Gasteiger partial charge is 0.215 e. The fraction of sp³-hybridized carbons (Fsp3) is 0.500. The Kier molecular flexibility index (Phi) is 4.15. The van der Waals surface area contributed by atoms with Gasteiger partial charge in [0.05, 0.1) is 5.75 Å². The molecule has 94 valence electrons. The molecule has 1 saturated heterocycles. The number of hydrogen-bond donors (Lipinski definition) is 2. The number of nitrogens with one attached hydrogen (secondary N) is 2. The van der Waals surface area contributed by atoms with Gasteiger partial charge in [0, 0.05) is 6.54 Å². The summed E-state index contributed by atoms with van der Waals surface area (Å²) in [6, 6.07) is 9.25. The molecule has 0 spiro atoms. The molecule has 0 saturated carbocycles. The summed E-state index contributed by atoms with van der Waals surface area (Å²) in [4.78, 5) is 0. The average Bonchev–Trinajstić information content (AvgIpc) is 2.80. The maximum Gasteiger partial charge on any atom is 0.215 e. The van der Waals surface area contributed by atoms with Crippen LogP contribution >= 0.6 is 0 Å². The van der Waals surface area contributed by atoms with Crippen molar-refractivity contribution in [2.75, 3.05) is 19.6 Å². The SMILES string of the molecule is O=S(=O)(Cc1ccccc1)NCC1CCNC1. The number of sulfonamides is 1. The van der Waals surface area contributed by atoms with Crippen LogP contribution in [0.25, 0.3) is 0 Å². The highest BCUT2D eigenvalue weighted by atomic mass is 32.2. The van der Waals surface area contributed by atoms with Crippen molar-refractivity contribution >= 4 is 10.0 Å². The molecule has 1 aliphatic rings. The Morgan fingerprint density at radius 2 is 2.06 bits per heavy atom. The largest absolute Gasteiger partial charge is 0.316 e. The molecule has 1 atom stereocenters. The molecular weight excluding hydrogens is 236 g/mol. The molecular formula is C12H18N2O2S. The van der Waals surface area contributed by atoms with Crippen molar-refractivity contribution in [3.05, 3.63) is 35.9 Å². The lowest BCUT2D eigenvalue weighted by atomic mass is 10.1. The molecule has 1 heterocycles. The van der Waals surface area contributed by atoms with Crippen molar-refractivity contribution in [3.8, 4) is 0 Å². The van der Waals surface area contributed by atoms with Gasteiger partial charge in [-0.25, -0.2) is 13.1 Å². The highest BCUT2D eigenvalue weighted by molar-refractivity contribution is 7.88. The topological polar surface area (TPSA) is 58.2 Å². The van der Waals surface area contributed by atoms with E-state index in [1.54, 1.807) is 0 Å². The third kappa shape index (κ3) is 4.11. The van der Waals surface area contributed by atoms with E-state index in [4.69, 9.17) is 0 Å². The van der Waals surface area contributed by atoms with Gasteiger partial charge in [-0.05, 0) is 31.0 Å². The van der Waals surface area contributed by atoms with Crippen LogP contribution in [0.1, 0.15) is 12.0 Å². The molecule has 5 heteroatoms. The Morgan fingerprint density at radius 3 is 2.71 bits per heavy atom. The summed E-state index contributed by atoms with van der Waals surface area (Å²) in [5.41, 5.74) is 0.824. The summed E-state index contributed by atoms with van der Waals surface area (Å²) >= 11 is 0. The predicted molar refractivity (Wildman–Crippen MR) is 68.0 cm³/mol. The van der Waals surface area contributed by atoms with E-state index in [-0.39, 0.29) is 5.75 Å². The molecule has 0 amide bonds. The molecule has 17 heavy (non-hydrogen) atoms. The Balaban J connectivity index is 1.86. The molecule has 1 aromatic rings. The molecule has 0 aromatic heterocycles. The van der Waals surface area contributed by atoms with Gasteiger partial charge in [-0.15, -0.1) is 0 Å². The van der Waals surface area contributed by atoms with Gasteiger partial charge in [0.15, 0.2) is 0 Å². The van der Waals surface area contributed by atoms with Crippen LogP contribution < -0.4 is 10.0 Å². The first-order chi connectivity index (χ1) is 8.16. The monoisotopic (exact) mass is 254 g/mol. The van der Waals surface area contributed by atoms with Crippen LogP contribution in [0, 0.1) is 5.92 Å². The quantitative estimate of drug-likeness (QED) is 0.814. The van der Waals surface area contributed by atoms with Crippen LogP contribution in [0.2, 0.25) is 0 Å². The fourth-order valence-electron chi connectivity index (χ4n) is 1.98. The van der Waals surface area contributed by atoms with Crippen LogP contribution in [-0.4, -0.2) is 28.1 Å². The molecule has 1 fully saturated rings. The van der Waals surface area contributed by atoms with Crippen LogP contribution in [0.3, 0.4) is 0 Å². The van der Waals surface area contributed by atoms with Gasteiger partial charge in [-0.2, -0.15) is 0 Å². The molecule has 2 N–H and O–H groups in total. The van der Waals surface area contributed by atoms with E-state index in [2.05, 4.69) is 10.0 Å². The highest BCUT2D eigenvalue weighted by Gasteiger charge is 2.18. The highest BCUT2D eigenvalue weighted by Crippen LogP contribution is 2.08. The standard InChI is InChI=1S/C12H18N2O2S/c15-17(16,10-11-4-2-1-3-5-11)14-9-12-6-7-13-8-12/h1-5,12-14H,6-10H2. The van der Waals surface area contributed by atoms with Crippen molar-refractivity contribution in [1.29, 1.82) is 0 Å². The molecule has 2 rings (SSSR count). The summed E-state index contributed by atoms with van der Waals surface area (Å²) in [5, 5.41) is 3.22. The summed E-state index contributed by atoms with van der Waals surface area (Å²) < 4.78 is 26.3. The van der Waals surface area contributed by atoms with Gasteiger partial charge in [0.2, 0.25) is 10.0 Å². The van der Waals surface area contributed by atoms with Crippen LogP contribution in [0.15, 0.2) is 30.3 Å². The van der Waals surface area contributed by atoms with Gasteiger partial charge in [-0.3, -0.25) is 0 Å². The second kappa shape index (κ2) is 5.62. The molecule has 1 unspecified atom stereocenters. The molecule has 0 radical (unpaired) electrons. The van der Waals surface area contributed by atoms with E-state index in [9.17, 15) is 8.42 Å². The predicted octanol–water partition coefficient (Wildman–Crippen LogP) is 0.716. The van der Waals surface area contributed by atoms with Gasteiger partial charge in [0.25, 0.3) is 0 Å². The number of benzene rings is 1. The zero-order valence-electron chi connectivity index (χ0n) is 9.72. The third-order valence-corrected chi connectivity index (χ3v) is 4.27. The number of hydrogen-bond acceptors (Lipinski definition) is 3. The minimum Gasteiger partial charge on any atom is -0.316 e. The lowest BCUT2D eigenvalue weighted by Gasteiger charge is -2.10. The summed E-state index contributed by atoms with van der Waals surface area (Å²) in [5.74, 6) is 0.495. The minimum absolute atomic E-state index is 0.0635. The van der Waals surface area contributed by atoms with E-state index in [0.29, 0.717) is 12.5 Å². The molecule has 0 aliphatic carbocycles. The molecule has 1 aromatic carbocycles. The van der Waals surface area contributed by atoms with Gasteiger partial charge < -0.3 is 5.32 Å². The average molecular weight is 254 g/mol. The first kappa shape index (κ1) is 12.5. The molecule has 0 bridgehead atoms. The molecule has 4 nitrogen and oxygen atoms in total. The van der Waals surface area contributed by atoms with Gasteiger partial charge >= 0.3 is 0 Å². The minimum atomic E-state index is -3.20. The van der Waals surface area contributed by atoms with E-state index in [1.807, 2.05) is 30.3 Å². The Bertz CT molecular complexity index is 439. The third-order valence-electron chi connectivity index (χ3n) is 2.95. The van der Waals surface area contributed by atoms with Gasteiger partial charge in [-0.1, -0.05) is 30.3 Å². The van der Waals surface area contributed by atoms with Crippen molar-refractivity contribution < 1.29 is 8.42 Å². The first-order valence-electron chi connectivity index (χ1n) is 5.88. The summed E-state index contributed by atoms with van der Waals surface area (Å²) in [7, 11) is -3.20. The van der Waals surface area contributed by atoms with Crippen molar-refractivity contribution in [2.45, 2.75) is 12.2 Å². The zero-order chi connectivity index (χ0) is 12.1. The van der Waals surface area contributed by atoms with Crippen LogP contribution in [0.4, 0.5) is 0 Å². The second-order valence-corrected chi connectivity index (χ2v) is 6.26. The second-order valence-electron chi connectivity index (χ2n) is 4.45. The first-order valence-corrected chi connectivity index (χ1v) is 7.53. The van der Waals surface area contributed by atoms with E-state index in [0.717, 1.165) is 25.1 Å². The zero-order valence-corrected chi connectivity index (χ0v) is 10.5. The van der Waals surface area contributed by atoms with Crippen molar-refractivity contribution in [3.63, 3.8) is 0 Å². The normalized spacial score (nSPS) is 20.6. The Hall–Kier alpha value is -0.910. The van der Waals surface area contributed by atoms with Crippen molar-refractivity contribution in [2.24, 2.45) is 5.92 Å². The van der Waals surface area contributed by atoms with Crippen LogP contribution in [-0.2, 0) is 15.8 Å². The maximum atomic E-state index is 11.8. The van der Waals surface area contributed by atoms with Crippen LogP contribution in [0.5, 0.6) is 0 Å². The van der Waals surface area contributed by atoms with Crippen molar-refractivity contribution in [1.82, 2.24) is 10.0 Å². The van der Waals surface area contributed by atoms with E-state index in [1.165, 1.54) is 0 Å². The fourth-order valence-corrected chi connectivity index (χ4v) is 3.20. The molecule has 1 aliphatic heterocycles. The maximum absolute atomic E-state index is 11.8. The number of rotatable bonds is 5. The summed E-state index contributed by atoms with van der Waals surface area (Å²) in [6.45, 7) is 2.45. The lowest BCUT2D eigenvalue weighted by molar-refractivity contribution is 0.538. The Morgan fingerprint density at radius 1 is 1.29 bits per heavy atom. The lowest BCUT2D eigenvalue weighted by Crippen LogP contribution is -2.31. The van der Waals surface area contributed by atoms with E-state index >= 15 is 0 Å². The Labute approximate surface area is 102 Å². The summed E-state index contributed by atoms with van der Waals surface area (Å²) in [6.07, 6.45) is 1.05. The van der Waals surface area contributed by atoms with Gasteiger partial charge in [0.1, 0.15) is 0 Å².